The highest BCUT2D eigenvalue weighted by atomic mass is 16.4. The van der Waals surface area contributed by atoms with Crippen LogP contribution in [0.5, 0.6) is 0 Å². The number of rotatable bonds is 6. The molecule has 0 amide bonds. The zero-order chi connectivity index (χ0) is 15.1. The molecular formula is C17H26N2O2. The van der Waals surface area contributed by atoms with Crippen molar-refractivity contribution in [2.75, 3.05) is 33.2 Å². The number of carboxylic acid groups (broad SMARTS) is 1. The van der Waals surface area contributed by atoms with Crippen molar-refractivity contribution in [1.82, 2.24) is 9.80 Å². The summed E-state index contributed by atoms with van der Waals surface area (Å²) in [5, 5.41) is 8.90. The number of likely N-dealkylation sites (N-methyl/N-ethyl adjacent to an activating group) is 1. The SMILES string of the molecule is CN(CC(=O)O)C1CCCN(CCc2ccccc2)CC1. The quantitative estimate of drug-likeness (QED) is 0.871. The molecule has 1 unspecified atom stereocenters. The summed E-state index contributed by atoms with van der Waals surface area (Å²) in [6, 6.07) is 11.0. The molecule has 21 heavy (non-hydrogen) atoms. The van der Waals surface area contributed by atoms with Crippen molar-refractivity contribution in [3.05, 3.63) is 35.9 Å². The van der Waals surface area contributed by atoms with Gasteiger partial charge in [-0.25, -0.2) is 0 Å². The number of benzene rings is 1. The van der Waals surface area contributed by atoms with E-state index in [0.29, 0.717) is 6.04 Å². The van der Waals surface area contributed by atoms with Gasteiger partial charge in [0.05, 0.1) is 6.54 Å². The molecule has 2 rings (SSSR count). The average Bonchev–Trinajstić information content (AvgIpc) is 2.71. The molecule has 1 aromatic carbocycles. The Kier molecular flexibility index (Phi) is 6.21. The molecule has 0 aromatic heterocycles. The lowest BCUT2D eigenvalue weighted by Gasteiger charge is -2.25. The van der Waals surface area contributed by atoms with E-state index in [4.69, 9.17) is 5.11 Å². The molecule has 0 saturated carbocycles. The Labute approximate surface area is 127 Å². The maximum Gasteiger partial charge on any atom is 0.317 e. The number of likely N-dealkylation sites (tertiary alicyclic amines) is 1. The van der Waals surface area contributed by atoms with E-state index in [0.717, 1.165) is 45.3 Å². The van der Waals surface area contributed by atoms with Crippen LogP contribution in [0, 0.1) is 0 Å². The van der Waals surface area contributed by atoms with Crippen molar-refractivity contribution < 1.29 is 9.90 Å². The summed E-state index contributed by atoms with van der Waals surface area (Å²) in [4.78, 5) is 15.3. The van der Waals surface area contributed by atoms with Crippen LogP contribution in [0.15, 0.2) is 30.3 Å². The molecule has 1 heterocycles. The van der Waals surface area contributed by atoms with Gasteiger partial charge in [0.25, 0.3) is 0 Å². The Morgan fingerprint density at radius 2 is 2.05 bits per heavy atom. The number of carbonyl (C=O) groups is 1. The van der Waals surface area contributed by atoms with Gasteiger partial charge in [0, 0.05) is 12.6 Å². The molecule has 0 aliphatic carbocycles. The van der Waals surface area contributed by atoms with E-state index in [2.05, 4.69) is 35.2 Å². The van der Waals surface area contributed by atoms with Gasteiger partial charge < -0.3 is 10.0 Å². The van der Waals surface area contributed by atoms with Gasteiger partial charge in [-0.1, -0.05) is 30.3 Å². The number of hydrogen-bond donors (Lipinski definition) is 1. The zero-order valence-corrected chi connectivity index (χ0v) is 12.9. The normalized spacial score (nSPS) is 20.4. The van der Waals surface area contributed by atoms with E-state index in [1.165, 1.54) is 5.56 Å². The predicted molar refractivity (Wildman–Crippen MR) is 84.5 cm³/mol. The smallest absolute Gasteiger partial charge is 0.317 e. The van der Waals surface area contributed by atoms with Crippen molar-refractivity contribution in [2.45, 2.75) is 31.7 Å². The highest BCUT2D eigenvalue weighted by molar-refractivity contribution is 5.69. The molecule has 1 aliphatic rings. The number of hydrogen-bond acceptors (Lipinski definition) is 3. The minimum absolute atomic E-state index is 0.148. The van der Waals surface area contributed by atoms with Crippen LogP contribution in [0.25, 0.3) is 0 Å². The third-order valence-electron chi connectivity index (χ3n) is 4.36. The molecule has 1 aliphatic heterocycles. The van der Waals surface area contributed by atoms with Gasteiger partial charge in [0.2, 0.25) is 0 Å². The number of aliphatic carboxylic acids is 1. The van der Waals surface area contributed by atoms with Crippen LogP contribution >= 0.6 is 0 Å². The van der Waals surface area contributed by atoms with Gasteiger partial charge >= 0.3 is 5.97 Å². The Balaban J connectivity index is 1.77. The van der Waals surface area contributed by atoms with Crippen LogP contribution in [0.3, 0.4) is 0 Å². The van der Waals surface area contributed by atoms with Crippen molar-refractivity contribution >= 4 is 5.97 Å². The summed E-state index contributed by atoms with van der Waals surface area (Å²) in [7, 11) is 1.93. The van der Waals surface area contributed by atoms with Gasteiger partial charge in [-0.2, -0.15) is 0 Å². The first-order valence-corrected chi connectivity index (χ1v) is 7.83. The Hall–Kier alpha value is -1.39. The lowest BCUT2D eigenvalue weighted by atomic mass is 10.1. The molecule has 0 spiro atoms. The maximum absolute atomic E-state index is 10.8. The van der Waals surface area contributed by atoms with E-state index in [-0.39, 0.29) is 6.54 Å². The average molecular weight is 290 g/mol. The van der Waals surface area contributed by atoms with Crippen molar-refractivity contribution in [3.8, 4) is 0 Å². The zero-order valence-electron chi connectivity index (χ0n) is 12.9. The van der Waals surface area contributed by atoms with Gasteiger partial charge in [0.1, 0.15) is 0 Å². The van der Waals surface area contributed by atoms with E-state index < -0.39 is 5.97 Å². The minimum atomic E-state index is -0.734. The second-order valence-electron chi connectivity index (χ2n) is 5.97. The van der Waals surface area contributed by atoms with E-state index in [9.17, 15) is 4.79 Å². The molecule has 1 aromatic rings. The van der Waals surface area contributed by atoms with Crippen LogP contribution in [0.4, 0.5) is 0 Å². The summed E-state index contributed by atoms with van der Waals surface area (Å²) in [6.07, 6.45) is 4.42. The van der Waals surface area contributed by atoms with Crippen LogP contribution < -0.4 is 0 Å². The van der Waals surface area contributed by atoms with Gasteiger partial charge in [-0.3, -0.25) is 9.69 Å². The van der Waals surface area contributed by atoms with Gasteiger partial charge in [-0.15, -0.1) is 0 Å². The summed E-state index contributed by atoms with van der Waals surface area (Å²) in [5.74, 6) is -0.734. The fourth-order valence-corrected chi connectivity index (χ4v) is 3.08. The van der Waals surface area contributed by atoms with Crippen molar-refractivity contribution in [1.29, 1.82) is 0 Å². The maximum atomic E-state index is 10.8. The molecule has 116 valence electrons. The molecule has 0 bridgehead atoms. The molecule has 1 fully saturated rings. The Morgan fingerprint density at radius 1 is 1.29 bits per heavy atom. The predicted octanol–water partition coefficient (Wildman–Crippen LogP) is 2.10. The third kappa shape index (κ3) is 5.48. The molecule has 4 heteroatoms. The minimum Gasteiger partial charge on any atom is -0.480 e. The standard InChI is InChI=1S/C17H26N2O2/c1-18(14-17(20)21)16-8-5-11-19(13-10-16)12-9-15-6-3-2-4-7-15/h2-4,6-7,16H,5,8-14H2,1H3,(H,20,21). The molecule has 1 saturated heterocycles. The van der Waals surface area contributed by atoms with Crippen molar-refractivity contribution in [3.63, 3.8) is 0 Å². The van der Waals surface area contributed by atoms with E-state index in [1.807, 2.05) is 11.9 Å². The first kappa shape index (κ1) is 16.0. The number of carboxylic acids is 1. The largest absolute Gasteiger partial charge is 0.480 e. The van der Waals surface area contributed by atoms with Gasteiger partial charge in [0.15, 0.2) is 0 Å². The lowest BCUT2D eigenvalue weighted by Crippen LogP contribution is -2.36. The Bertz CT molecular complexity index is 436. The summed E-state index contributed by atoms with van der Waals surface area (Å²) < 4.78 is 0. The van der Waals surface area contributed by atoms with E-state index in [1.54, 1.807) is 0 Å². The fraction of sp³-hybridized carbons (Fsp3) is 0.588. The van der Waals surface area contributed by atoms with Crippen LogP contribution in [-0.2, 0) is 11.2 Å². The molecule has 0 radical (unpaired) electrons. The van der Waals surface area contributed by atoms with Gasteiger partial charge in [-0.05, 0) is 51.4 Å². The topological polar surface area (TPSA) is 43.8 Å². The van der Waals surface area contributed by atoms with Crippen LogP contribution in [0.1, 0.15) is 24.8 Å². The lowest BCUT2D eigenvalue weighted by molar-refractivity contribution is -0.138. The highest BCUT2D eigenvalue weighted by Crippen LogP contribution is 2.16. The Morgan fingerprint density at radius 3 is 2.76 bits per heavy atom. The third-order valence-corrected chi connectivity index (χ3v) is 4.36. The molecular weight excluding hydrogens is 264 g/mol. The first-order valence-electron chi connectivity index (χ1n) is 7.83. The summed E-state index contributed by atoms with van der Waals surface area (Å²) >= 11 is 0. The first-order chi connectivity index (χ1) is 10.1. The second kappa shape index (κ2) is 8.15. The second-order valence-corrected chi connectivity index (χ2v) is 5.97. The molecule has 1 N–H and O–H groups in total. The summed E-state index contributed by atoms with van der Waals surface area (Å²) in [5.41, 5.74) is 1.39. The van der Waals surface area contributed by atoms with Crippen LogP contribution in [0.2, 0.25) is 0 Å². The monoisotopic (exact) mass is 290 g/mol. The highest BCUT2D eigenvalue weighted by Gasteiger charge is 2.21. The summed E-state index contributed by atoms with van der Waals surface area (Å²) in [6.45, 7) is 3.44. The van der Waals surface area contributed by atoms with Crippen LogP contribution in [-0.4, -0.2) is 60.1 Å². The fourth-order valence-electron chi connectivity index (χ4n) is 3.08. The molecule has 1 atom stereocenters. The molecule has 4 nitrogen and oxygen atoms in total. The van der Waals surface area contributed by atoms with E-state index >= 15 is 0 Å². The number of nitrogens with zero attached hydrogens (tertiary/aromatic N) is 2. The van der Waals surface area contributed by atoms with Crippen molar-refractivity contribution in [2.24, 2.45) is 0 Å².